The van der Waals surface area contributed by atoms with Gasteiger partial charge in [0.2, 0.25) is 0 Å². The van der Waals surface area contributed by atoms with Gasteiger partial charge in [0.05, 0.1) is 0 Å². The van der Waals surface area contributed by atoms with E-state index in [0.717, 1.165) is 22.3 Å². The van der Waals surface area contributed by atoms with Gasteiger partial charge in [-0.25, -0.2) is 0 Å². The molecule has 0 saturated carbocycles. The lowest BCUT2D eigenvalue weighted by Crippen LogP contribution is -2.19. The fourth-order valence-electron chi connectivity index (χ4n) is 2.67. The lowest BCUT2D eigenvalue weighted by Gasteiger charge is -2.16. The van der Waals surface area contributed by atoms with E-state index < -0.39 is 0 Å². The minimum atomic E-state index is 0.451. The molecular formula is C16H15BrClN. The van der Waals surface area contributed by atoms with Crippen LogP contribution in [0.1, 0.15) is 16.7 Å². The molecule has 1 N–H and O–H groups in total. The van der Waals surface area contributed by atoms with Crippen molar-refractivity contribution in [1.29, 1.82) is 0 Å². The van der Waals surface area contributed by atoms with Crippen LogP contribution in [0, 0.1) is 6.92 Å². The van der Waals surface area contributed by atoms with Gasteiger partial charge in [-0.1, -0.05) is 29.8 Å². The van der Waals surface area contributed by atoms with Crippen molar-refractivity contribution in [2.24, 2.45) is 0 Å². The van der Waals surface area contributed by atoms with Crippen LogP contribution in [-0.4, -0.2) is 6.04 Å². The van der Waals surface area contributed by atoms with E-state index in [1.54, 1.807) is 0 Å². The molecule has 0 heterocycles. The van der Waals surface area contributed by atoms with E-state index >= 15 is 0 Å². The lowest BCUT2D eigenvalue weighted by atomic mass is 10.1. The molecule has 0 fully saturated rings. The maximum Gasteiger partial charge on any atom is 0.0489 e. The zero-order valence-corrected chi connectivity index (χ0v) is 13.1. The Morgan fingerprint density at radius 2 is 1.95 bits per heavy atom. The molecule has 3 rings (SSSR count). The molecule has 0 saturated heterocycles. The Kier molecular flexibility index (Phi) is 3.55. The molecule has 1 unspecified atom stereocenters. The van der Waals surface area contributed by atoms with Gasteiger partial charge < -0.3 is 5.32 Å². The van der Waals surface area contributed by atoms with E-state index in [1.807, 2.05) is 6.07 Å². The number of anilines is 1. The van der Waals surface area contributed by atoms with E-state index in [1.165, 1.54) is 22.4 Å². The molecule has 0 aliphatic heterocycles. The average molecular weight is 337 g/mol. The second-order valence-corrected chi connectivity index (χ2v) is 6.33. The second kappa shape index (κ2) is 5.18. The molecule has 2 aromatic carbocycles. The first-order chi connectivity index (χ1) is 9.13. The highest BCUT2D eigenvalue weighted by Gasteiger charge is 2.22. The Morgan fingerprint density at radius 3 is 2.79 bits per heavy atom. The van der Waals surface area contributed by atoms with Crippen molar-refractivity contribution < 1.29 is 0 Å². The summed E-state index contributed by atoms with van der Waals surface area (Å²) >= 11 is 9.70. The van der Waals surface area contributed by atoms with Gasteiger partial charge in [0.25, 0.3) is 0 Å². The van der Waals surface area contributed by atoms with Gasteiger partial charge in [-0.2, -0.15) is 0 Å². The number of fused-ring (bicyclic) bond motifs is 1. The van der Waals surface area contributed by atoms with Crippen LogP contribution in [0.2, 0.25) is 5.02 Å². The number of hydrogen-bond donors (Lipinski definition) is 1. The van der Waals surface area contributed by atoms with Crippen LogP contribution in [0.15, 0.2) is 40.9 Å². The third-order valence-electron chi connectivity index (χ3n) is 3.65. The van der Waals surface area contributed by atoms with Crippen LogP contribution in [-0.2, 0) is 12.8 Å². The van der Waals surface area contributed by atoms with Crippen LogP contribution < -0.4 is 5.32 Å². The Balaban J connectivity index is 1.79. The van der Waals surface area contributed by atoms with Gasteiger partial charge in [0.1, 0.15) is 0 Å². The van der Waals surface area contributed by atoms with E-state index in [9.17, 15) is 0 Å². The van der Waals surface area contributed by atoms with Crippen molar-refractivity contribution in [2.75, 3.05) is 5.32 Å². The molecule has 1 atom stereocenters. The molecule has 1 aliphatic carbocycles. The summed E-state index contributed by atoms with van der Waals surface area (Å²) in [5, 5.41) is 4.46. The van der Waals surface area contributed by atoms with E-state index in [0.29, 0.717) is 6.04 Å². The van der Waals surface area contributed by atoms with Crippen LogP contribution in [0.3, 0.4) is 0 Å². The van der Waals surface area contributed by atoms with Crippen molar-refractivity contribution in [3.8, 4) is 0 Å². The summed E-state index contributed by atoms with van der Waals surface area (Å²) in [7, 11) is 0. The first-order valence-electron chi connectivity index (χ1n) is 6.42. The highest BCUT2D eigenvalue weighted by molar-refractivity contribution is 9.10. The zero-order chi connectivity index (χ0) is 13.4. The summed E-state index contributed by atoms with van der Waals surface area (Å²) < 4.78 is 1.16. The summed E-state index contributed by atoms with van der Waals surface area (Å²) in [6.07, 6.45) is 2.10. The molecular weight excluding hydrogens is 322 g/mol. The van der Waals surface area contributed by atoms with E-state index in [-0.39, 0.29) is 0 Å². The van der Waals surface area contributed by atoms with Crippen molar-refractivity contribution in [1.82, 2.24) is 0 Å². The average Bonchev–Trinajstić information content (AvgIpc) is 2.76. The molecule has 0 radical (unpaired) electrons. The summed E-state index contributed by atoms with van der Waals surface area (Å²) in [6, 6.07) is 13.0. The molecule has 0 amide bonds. The summed E-state index contributed by atoms with van der Waals surface area (Å²) in [4.78, 5) is 0. The number of aryl methyl sites for hydroxylation is 1. The maximum atomic E-state index is 6.05. The first-order valence-corrected chi connectivity index (χ1v) is 7.59. The fourth-order valence-corrected chi connectivity index (χ4v) is 3.24. The van der Waals surface area contributed by atoms with Crippen LogP contribution >= 0.6 is 27.5 Å². The number of nitrogens with one attached hydrogen (secondary N) is 1. The van der Waals surface area contributed by atoms with Gasteiger partial charge in [-0.15, -0.1) is 0 Å². The van der Waals surface area contributed by atoms with Crippen molar-refractivity contribution in [2.45, 2.75) is 25.8 Å². The van der Waals surface area contributed by atoms with E-state index in [4.69, 9.17) is 11.6 Å². The third kappa shape index (κ3) is 2.65. The van der Waals surface area contributed by atoms with Gasteiger partial charge in [-0.05, 0) is 70.6 Å². The summed E-state index contributed by atoms with van der Waals surface area (Å²) in [6.45, 7) is 2.11. The third-order valence-corrected chi connectivity index (χ3v) is 4.94. The number of benzene rings is 2. The first kappa shape index (κ1) is 13.0. The molecule has 3 heteroatoms. The van der Waals surface area contributed by atoms with Crippen molar-refractivity contribution in [3.63, 3.8) is 0 Å². The van der Waals surface area contributed by atoms with Gasteiger partial charge >= 0.3 is 0 Å². The molecule has 1 aliphatic rings. The zero-order valence-electron chi connectivity index (χ0n) is 10.7. The second-order valence-electron chi connectivity index (χ2n) is 5.10. The molecule has 0 bridgehead atoms. The monoisotopic (exact) mass is 335 g/mol. The molecule has 1 nitrogen and oxygen atoms in total. The van der Waals surface area contributed by atoms with Gasteiger partial charge in [-0.3, -0.25) is 0 Å². The molecule has 2 aromatic rings. The Bertz CT molecular complexity index is 624. The predicted molar refractivity (Wildman–Crippen MR) is 85.1 cm³/mol. The quantitative estimate of drug-likeness (QED) is 0.814. The minimum Gasteiger partial charge on any atom is -0.381 e. The number of hydrogen-bond acceptors (Lipinski definition) is 1. The summed E-state index contributed by atoms with van der Waals surface area (Å²) in [5.74, 6) is 0. The molecule has 98 valence electrons. The Morgan fingerprint density at radius 1 is 1.16 bits per heavy atom. The standard InChI is InChI=1S/C16H15BrClN/c1-10-3-2-4-15(16(10)17)19-14-8-11-5-6-13(18)7-12(11)9-14/h2-7,14,19H,8-9H2,1H3. The normalized spacial score (nSPS) is 17.3. The maximum absolute atomic E-state index is 6.05. The van der Waals surface area contributed by atoms with Crippen LogP contribution in [0.25, 0.3) is 0 Å². The smallest absolute Gasteiger partial charge is 0.0489 e. The highest BCUT2D eigenvalue weighted by Crippen LogP contribution is 2.31. The number of rotatable bonds is 2. The van der Waals surface area contributed by atoms with Crippen LogP contribution in [0.4, 0.5) is 5.69 Å². The molecule has 0 spiro atoms. The Hall–Kier alpha value is -0.990. The van der Waals surface area contributed by atoms with Gasteiger partial charge in [0, 0.05) is 21.2 Å². The van der Waals surface area contributed by atoms with Crippen LogP contribution in [0.5, 0.6) is 0 Å². The number of halogens is 2. The highest BCUT2D eigenvalue weighted by atomic mass is 79.9. The van der Waals surface area contributed by atoms with Crippen molar-refractivity contribution >= 4 is 33.2 Å². The topological polar surface area (TPSA) is 12.0 Å². The largest absolute Gasteiger partial charge is 0.381 e. The SMILES string of the molecule is Cc1cccc(NC2Cc3ccc(Cl)cc3C2)c1Br. The molecule has 19 heavy (non-hydrogen) atoms. The van der Waals surface area contributed by atoms with Crippen molar-refractivity contribution in [3.05, 3.63) is 62.6 Å². The molecule has 0 aromatic heterocycles. The fraction of sp³-hybridized carbons (Fsp3) is 0.250. The van der Waals surface area contributed by atoms with Gasteiger partial charge in [0.15, 0.2) is 0 Å². The lowest BCUT2D eigenvalue weighted by molar-refractivity contribution is 0.773. The summed E-state index contributed by atoms with van der Waals surface area (Å²) in [5.41, 5.74) is 5.20. The predicted octanol–water partition coefficient (Wildman–Crippen LogP) is 4.99. The Labute approximate surface area is 127 Å². The minimum absolute atomic E-state index is 0.451. The van der Waals surface area contributed by atoms with E-state index in [2.05, 4.69) is 58.5 Å².